The molecule has 0 saturated heterocycles. The predicted octanol–water partition coefficient (Wildman–Crippen LogP) is 5.98. The lowest BCUT2D eigenvalue weighted by Crippen LogP contribution is -2.24. The fourth-order valence-electron chi connectivity index (χ4n) is 3.04. The van der Waals surface area contributed by atoms with E-state index in [0.29, 0.717) is 11.3 Å². The van der Waals surface area contributed by atoms with Gasteiger partial charge in [-0.2, -0.15) is 0 Å². The summed E-state index contributed by atoms with van der Waals surface area (Å²) in [4.78, 5) is 12.8. The lowest BCUT2D eigenvalue weighted by molar-refractivity contribution is 0.00666. The number of esters is 1. The van der Waals surface area contributed by atoms with Crippen LogP contribution in [0.5, 0.6) is 5.75 Å². The number of carbonyl (C=O) groups is 1. The van der Waals surface area contributed by atoms with Gasteiger partial charge in [0.1, 0.15) is 16.9 Å². The van der Waals surface area contributed by atoms with Crippen molar-refractivity contribution in [2.24, 2.45) is 0 Å². The maximum Gasteiger partial charge on any atom is 0.342 e. The number of ether oxygens (including phenoxy) is 2. The van der Waals surface area contributed by atoms with Gasteiger partial charge in [0.2, 0.25) is 0 Å². The zero-order valence-corrected chi connectivity index (χ0v) is 16.2. The Bertz CT molecular complexity index is 923. The first-order valence-corrected chi connectivity index (χ1v) is 8.96. The molecule has 3 aromatic rings. The minimum Gasteiger partial charge on any atom is -0.495 e. The van der Waals surface area contributed by atoms with Gasteiger partial charge in [0.25, 0.3) is 0 Å². The molecular weight excluding hydrogens is 336 g/mol. The molecule has 0 saturated carbocycles. The second-order valence-corrected chi connectivity index (χ2v) is 7.30. The van der Waals surface area contributed by atoms with Gasteiger partial charge in [-0.05, 0) is 43.5 Å². The highest BCUT2D eigenvalue weighted by molar-refractivity contribution is 6.00. The first kappa shape index (κ1) is 18.7. The maximum absolute atomic E-state index is 12.8. The van der Waals surface area contributed by atoms with E-state index in [0.717, 1.165) is 22.3 Å². The van der Waals surface area contributed by atoms with Crippen molar-refractivity contribution in [2.75, 3.05) is 7.11 Å². The van der Waals surface area contributed by atoms with E-state index in [2.05, 4.69) is 0 Å². The van der Waals surface area contributed by atoms with Gasteiger partial charge in [-0.3, -0.25) is 0 Å². The monoisotopic (exact) mass is 360 g/mol. The summed E-state index contributed by atoms with van der Waals surface area (Å²) in [5.41, 5.74) is 3.78. The Kier molecular flexibility index (Phi) is 5.31. The molecule has 0 aliphatic heterocycles. The third-order valence-corrected chi connectivity index (χ3v) is 4.13. The zero-order chi connectivity index (χ0) is 19.4. The van der Waals surface area contributed by atoms with E-state index in [1.807, 2.05) is 87.5 Å². The van der Waals surface area contributed by atoms with Crippen molar-refractivity contribution < 1.29 is 14.3 Å². The van der Waals surface area contributed by atoms with Crippen LogP contribution in [0.25, 0.3) is 22.3 Å². The Hall–Kier alpha value is -3.07. The Morgan fingerprint density at radius 1 is 0.778 bits per heavy atom. The number of methoxy groups -OCH3 is 1. The number of hydrogen-bond acceptors (Lipinski definition) is 3. The molecule has 0 unspecified atom stereocenters. The molecule has 0 radical (unpaired) electrons. The Labute approximate surface area is 160 Å². The summed E-state index contributed by atoms with van der Waals surface area (Å²) in [5.74, 6) is 0.132. The normalized spacial score (nSPS) is 11.1. The second-order valence-electron chi connectivity index (χ2n) is 7.30. The largest absolute Gasteiger partial charge is 0.495 e. The molecule has 0 aliphatic rings. The number of rotatable bonds is 4. The van der Waals surface area contributed by atoms with Gasteiger partial charge in [-0.25, -0.2) is 4.79 Å². The highest BCUT2D eigenvalue weighted by Crippen LogP contribution is 2.41. The maximum atomic E-state index is 12.8. The number of carbonyl (C=O) groups excluding carboxylic acids is 1. The highest BCUT2D eigenvalue weighted by atomic mass is 16.6. The van der Waals surface area contributed by atoms with Crippen molar-refractivity contribution in [1.29, 1.82) is 0 Å². The van der Waals surface area contributed by atoms with Gasteiger partial charge in [-0.1, -0.05) is 66.7 Å². The minimum atomic E-state index is -0.576. The average molecular weight is 360 g/mol. The smallest absolute Gasteiger partial charge is 0.342 e. The molecule has 0 fully saturated rings. The average Bonchev–Trinajstić information content (AvgIpc) is 2.66. The molecular formula is C24H24O3. The number of hydrogen-bond donors (Lipinski definition) is 0. The van der Waals surface area contributed by atoms with E-state index >= 15 is 0 Å². The van der Waals surface area contributed by atoms with Gasteiger partial charge in [0, 0.05) is 5.56 Å². The van der Waals surface area contributed by atoms with Crippen LogP contribution in [0.4, 0.5) is 0 Å². The van der Waals surface area contributed by atoms with Crippen molar-refractivity contribution in [3.05, 3.63) is 78.4 Å². The van der Waals surface area contributed by atoms with Crippen LogP contribution in [0.1, 0.15) is 31.1 Å². The van der Waals surface area contributed by atoms with Crippen LogP contribution in [0.2, 0.25) is 0 Å². The molecule has 3 rings (SSSR count). The predicted molar refractivity (Wildman–Crippen MR) is 109 cm³/mol. The topological polar surface area (TPSA) is 35.5 Å². The molecule has 27 heavy (non-hydrogen) atoms. The van der Waals surface area contributed by atoms with Gasteiger partial charge in [-0.15, -0.1) is 0 Å². The summed E-state index contributed by atoms with van der Waals surface area (Å²) in [5, 5.41) is 0. The van der Waals surface area contributed by atoms with E-state index in [9.17, 15) is 4.79 Å². The van der Waals surface area contributed by atoms with E-state index < -0.39 is 11.6 Å². The van der Waals surface area contributed by atoms with Crippen molar-refractivity contribution in [2.45, 2.75) is 26.4 Å². The molecule has 0 aromatic heterocycles. The molecule has 0 N–H and O–H groups in total. The molecule has 3 heteroatoms. The summed E-state index contributed by atoms with van der Waals surface area (Å²) >= 11 is 0. The first-order chi connectivity index (χ1) is 12.9. The summed E-state index contributed by atoms with van der Waals surface area (Å²) < 4.78 is 11.3. The Balaban J connectivity index is 2.24. The van der Waals surface area contributed by atoms with E-state index in [1.165, 1.54) is 0 Å². The van der Waals surface area contributed by atoms with Crippen LogP contribution in [0, 0.1) is 0 Å². The van der Waals surface area contributed by atoms with E-state index in [4.69, 9.17) is 9.47 Å². The van der Waals surface area contributed by atoms with Crippen molar-refractivity contribution in [1.82, 2.24) is 0 Å². The lowest BCUT2D eigenvalue weighted by atomic mass is 9.91. The molecule has 0 spiro atoms. The first-order valence-electron chi connectivity index (χ1n) is 8.96. The third kappa shape index (κ3) is 4.20. The zero-order valence-electron chi connectivity index (χ0n) is 16.2. The van der Waals surface area contributed by atoms with Crippen LogP contribution in [0.15, 0.2) is 72.8 Å². The standard InChI is InChI=1S/C24H24O3/c1-24(2,3)27-23(25)20-16-15-19(17-11-7-5-8-12-17)21(22(20)26-4)18-13-9-6-10-14-18/h5-16H,1-4H3. The lowest BCUT2D eigenvalue weighted by Gasteiger charge is -2.22. The summed E-state index contributed by atoms with van der Waals surface area (Å²) in [7, 11) is 1.59. The summed E-state index contributed by atoms with van der Waals surface area (Å²) in [6.45, 7) is 5.56. The van der Waals surface area contributed by atoms with Crippen LogP contribution in [0.3, 0.4) is 0 Å². The Morgan fingerprint density at radius 2 is 1.33 bits per heavy atom. The van der Waals surface area contributed by atoms with Gasteiger partial charge in [0.05, 0.1) is 7.11 Å². The molecule has 3 nitrogen and oxygen atoms in total. The van der Waals surface area contributed by atoms with Gasteiger partial charge >= 0.3 is 5.97 Å². The fraction of sp³-hybridized carbons (Fsp3) is 0.208. The molecule has 0 heterocycles. The highest BCUT2D eigenvalue weighted by Gasteiger charge is 2.25. The summed E-state index contributed by atoms with van der Waals surface area (Å²) in [6, 6.07) is 23.8. The quantitative estimate of drug-likeness (QED) is 0.537. The van der Waals surface area contributed by atoms with Crippen LogP contribution < -0.4 is 4.74 Å². The molecule has 0 aliphatic carbocycles. The van der Waals surface area contributed by atoms with E-state index in [1.54, 1.807) is 13.2 Å². The molecule has 0 bridgehead atoms. The molecule has 0 amide bonds. The van der Waals surface area contributed by atoms with Crippen molar-refractivity contribution in [3.8, 4) is 28.0 Å². The molecule has 0 atom stereocenters. The minimum absolute atomic E-state index is 0.392. The van der Waals surface area contributed by atoms with Crippen molar-refractivity contribution >= 4 is 5.97 Å². The van der Waals surface area contributed by atoms with Crippen molar-refractivity contribution in [3.63, 3.8) is 0 Å². The third-order valence-electron chi connectivity index (χ3n) is 4.13. The summed E-state index contributed by atoms with van der Waals surface area (Å²) in [6.07, 6.45) is 0. The Morgan fingerprint density at radius 3 is 1.85 bits per heavy atom. The second kappa shape index (κ2) is 7.67. The van der Waals surface area contributed by atoms with Crippen LogP contribution in [-0.4, -0.2) is 18.7 Å². The SMILES string of the molecule is COc1c(C(=O)OC(C)(C)C)ccc(-c2ccccc2)c1-c1ccccc1. The number of benzene rings is 3. The van der Waals surface area contributed by atoms with Gasteiger partial charge < -0.3 is 9.47 Å². The van der Waals surface area contributed by atoms with Crippen LogP contribution >= 0.6 is 0 Å². The van der Waals surface area contributed by atoms with E-state index in [-0.39, 0.29) is 0 Å². The fourth-order valence-corrected chi connectivity index (χ4v) is 3.04. The van der Waals surface area contributed by atoms with Crippen LogP contribution in [-0.2, 0) is 4.74 Å². The molecule has 3 aromatic carbocycles. The van der Waals surface area contributed by atoms with Gasteiger partial charge in [0.15, 0.2) is 0 Å². The molecule has 138 valence electrons.